The Kier molecular flexibility index (Phi) is 6.70. The highest BCUT2D eigenvalue weighted by Gasteiger charge is 2.21. The summed E-state index contributed by atoms with van der Waals surface area (Å²) in [6.07, 6.45) is 0.821. The van der Waals surface area contributed by atoms with Crippen LogP contribution in [0.1, 0.15) is 35.8 Å². The SMILES string of the molecule is COc1ccnc(C(=O)NCC(=O)O[C@H](C)[C@H](C)c2ccc(F)cc2)c1O. The monoisotopic (exact) mass is 376 g/mol. The minimum Gasteiger partial charge on any atom is -0.503 e. The number of hydrogen-bond acceptors (Lipinski definition) is 6. The molecule has 8 heteroatoms. The van der Waals surface area contributed by atoms with Crippen molar-refractivity contribution in [1.29, 1.82) is 0 Å². The Bertz CT molecular complexity index is 810. The zero-order valence-corrected chi connectivity index (χ0v) is 15.2. The molecule has 0 saturated heterocycles. The molecule has 2 atom stereocenters. The highest BCUT2D eigenvalue weighted by atomic mass is 19.1. The summed E-state index contributed by atoms with van der Waals surface area (Å²) in [7, 11) is 1.35. The lowest BCUT2D eigenvalue weighted by Crippen LogP contribution is -2.33. The zero-order chi connectivity index (χ0) is 20.0. The smallest absolute Gasteiger partial charge is 0.325 e. The normalized spacial score (nSPS) is 12.7. The molecule has 0 saturated carbocycles. The van der Waals surface area contributed by atoms with E-state index >= 15 is 0 Å². The van der Waals surface area contributed by atoms with Crippen LogP contribution in [-0.4, -0.2) is 41.7 Å². The molecule has 2 N–H and O–H groups in total. The zero-order valence-electron chi connectivity index (χ0n) is 15.2. The lowest BCUT2D eigenvalue weighted by molar-refractivity contribution is -0.147. The number of hydrogen-bond donors (Lipinski definition) is 2. The van der Waals surface area contributed by atoms with Crippen molar-refractivity contribution in [2.45, 2.75) is 25.9 Å². The summed E-state index contributed by atoms with van der Waals surface area (Å²) >= 11 is 0. The van der Waals surface area contributed by atoms with Crippen molar-refractivity contribution in [3.63, 3.8) is 0 Å². The van der Waals surface area contributed by atoms with Crippen LogP contribution in [0, 0.1) is 5.82 Å². The molecule has 0 fully saturated rings. The Hall–Kier alpha value is -3.16. The first-order chi connectivity index (χ1) is 12.8. The van der Waals surface area contributed by atoms with Gasteiger partial charge in [-0.3, -0.25) is 9.59 Å². The number of carbonyl (C=O) groups is 2. The van der Waals surface area contributed by atoms with E-state index in [-0.39, 0.29) is 23.2 Å². The van der Waals surface area contributed by atoms with Gasteiger partial charge in [-0.15, -0.1) is 0 Å². The van der Waals surface area contributed by atoms with Crippen LogP contribution in [0.25, 0.3) is 0 Å². The summed E-state index contributed by atoms with van der Waals surface area (Å²) in [6, 6.07) is 7.34. The third kappa shape index (κ3) is 5.16. The molecule has 27 heavy (non-hydrogen) atoms. The van der Waals surface area contributed by atoms with Gasteiger partial charge >= 0.3 is 5.97 Å². The number of carbonyl (C=O) groups excluding carboxylic acids is 2. The van der Waals surface area contributed by atoms with E-state index in [1.54, 1.807) is 19.1 Å². The summed E-state index contributed by atoms with van der Waals surface area (Å²) in [5.74, 6) is -2.19. The van der Waals surface area contributed by atoms with Crippen molar-refractivity contribution in [3.05, 3.63) is 53.6 Å². The molecule has 0 unspecified atom stereocenters. The van der Waals surface area contributed by atoms with Crippen LogP contribution in [0.5, 0.6) is 11.5 Å². The second-order valence-corrected chi connectivity index (χ2v) is 5.93. The Labute approximate surface area is 156 Å². The molecule has 2 aromatic rings. The topological polar surface area (TPSA) is 97.8 Å². The van der Waals surface area contributed by atoms with Crippen molar-refractivity contribution in [1.82, 2.24) is 10.3 Å². The maximum atomic E-state index is 13.0. The van der Waals surface area contributed by atoms with Crippen molar-refractivity contribution in [3.8, 4) is 11.5 Å². The average Bonchev–Trinajstić information content (AvgIpc) is 2.66. The first-order valence-corrected chi connectivity index (χ1v) is 8.28. The maximum absolute atomic E-state index is 13.0. The standard InChI is InChI=1S/C19H21FN2O5/c1-11(13-4-6-14(20)7-5-13)12(2)27-16(23)10-22-19(25)17-18(24)15(26-3)8-9-21-17/h4-9,11-12,24H,10H2,1-3H3,(H,22,25)/t11-,12+/m0/s1. The highest BCUT2D eigenvalue weighted by Crippen LogP contribution is 2.27. The van der Waals surface area contributed by atoms with Crippen LogP contribution >= 0.6 is 0 Å². The number of pyridine rings is 1. The summed E-state index contributed by atoms with van der Waals surface area (Å²) < 4.78 is 23.2. The predicted octanol–water partition coefficient (Wildman–Crippen LogP) is 2.40. The van der Waals surface area contributed by atoms with E-state index < -0.39 is 30.3 Å². The molecule has 0 aliphatic rings. The van der Waals surface area contributed by atoms with E-state index in [0.717, 1.165) is 5.56 Å². The Morgan fingerprint density at radius 2 is 1.89 bits per heavy atom. The molecule has 7 nitrogen and oxygen atoms in total. The van der Waals surface area contributed by atoms with Gasteiger partial charge < -0.3 is 19.9 Å². The fourth-order valence-corrected chi connectivity index (χ4v) is 2.39. The molecule has 0 bridgehead atoms. The van der Waals surface area contributed by atoms with E-state index in [1.165, 1.54) is 31.5 Å². The Morgan fingerprint density at radius 3 is 2.52 bits per heavy atom. The fraction of sp³-hybridized carbons (Fsp3) is 0.316. The largest absolute Gasteiger partial charge is 0.503 e. The molecule has 0 aliphatic heterocycles. The minimum absolute atomic E-state index is 0.0967. The van der Waals surface area contributed by atoms with Gasteiger partial charge in [0.15, 0.2) is 17.2 Å². The van der Waals surface area contributed by atoms with E-state index in [1.807, 2.05) is 6.92 Å². The van der Waals surface area contributed by atoms with Crippen molar-refractivity contribution in [2.75, 3.05) is 13.7 Å². The number of halogens is 1. The number of nitrogens with zero attached hydrogens (tertiary/aromatic N) is 1. The number of ether oxygens (including phenoxy) is 2. The minimum atomic E-state index is -0.734. The molecule has 1 heterocycles. The van der Waals surface area contributed by atoms with E-state index in [4.69, 9.17) is 9.47 Å². The van der Waals surface area contributed by atoms with Gasteiger partial charge in [-0.25, -0.2) is 9.37 Å². The molecule has 1 amide bonds. The molecule has 0 spiro atoms. The lowest BCUT2D eigenvalue weighted by atomic mass is 9.96. The molecule has 2 rings (SSSR count). The summed E-state index contributed by atoms with van der Waals surface area (Å²) in [5, 5.41) is 12.2. The van der Waals surface area contributed by atoms with E-state index in [0.29, 0.717) is 0 Å². The molecular weight excluding hydrogens is 355 g/mol. The van der Waals surface area contributed by atoms with Crippen LogP contribution in [0.3, 0.4) is 0 Å². The summed E-state index contributed by atoms with van der Waals surface area (Å²) in [5.41, 5.74) is 0.570. The fourth-order valence-electron chi connectivity index (χ4n) is 2.39. The van der Waals surface area contributed by atoms with Gasteiger partial charge in [0.05, 0.1) is 7.11 Å². The van der Waals surface area contributed by atoms with Gasteiger partial charge in [0.2, 0.25) is 0 Å². The molecular formula is C19H21FN2O5. The van der Waals surface area contributed by atoms with Crippen molar-refractivity contribution >= 4 is 11.9 Å². The second-order valence-electron chi connectivity index (χ2n) is 5.93. The van der Waals surface area contributed by atoms with Gasteiger partial charge in [0, 0.05) is 18.2 Å². The summed E-state index contributed by atoms with van der Waals surface area (Å²) in [6.45, 7) is 3.17. The van der Waals surface area contributed by atoms with Crippen molar-refractivity contribution in [2.24, 2.45) is 0 Å². The molecule has 0 radical (unpaired) electrons. The molecule has 1 aromatic heterocycles. The second kappa shape index (κ2) is 8.98. The number of amides is 1. The number of methoxy groups -OCH3 is 1. The number of rotatable bonds is 7. The number of esters is 1. The number of aromatic nitrogens is 1. The van der Waals surface area contributed by atoms with Crippen LogP contribution in [-0.2, 0) is 9.53 Å². The average molecular weight is 376 g/mol. The first kappa shape index (κ1) is 20.2. The number of nitrogens with one attached hydrogen (secondary N) is 1. The third-order valence-corrected chi connectivity index (χ3v) is 4.13. The lowest BCUT2D eigenvalue weighted by Gasteiger charge is -2.21. The first-order valence-electron chi connectivity index (χ1n) is 8.28. The van der Waals surface area contributed by atoms with Crippen LogP contribution in [0.4, 0.5) is 4.39 Å². The van der Waals surface area contributed by atoms with Crippen LogP contribution in [0.15, 0.2) is 36.5 Å². The van der Waals surface area contributed by atoms with Gasteiger partial charge in [-0.05, 0) is 24.6 Å². The van der Waals surface area contributed by atoms with Crippen LogP contribution < -0.4 is 10.1 Å². The predicted molar refractivity (Wildman–Crippen MR) is 95.2 cm³/mol. The summed E-state index contributed by atoms with van der Waals surface area (Å²) in [4.78, 5) is 27.8. The third-order valence-electron chi connectivity index (χ3n) is 4.13. The quantitative estimate of drug-likeness (QED) is 0.720. The van der Waals surface area contributed by atoms with E-state index in [9.17, 15) is 19.1 Å². The van der Waals surface area contributed by atoms with Gasteiger partial charge in [-0.1, -0.05) is 19.1 Å². The van der Waals surface area contributed by atoms with Gasteiger partial charge in [0.25, 0.3) is 5.91 Å². The van der Waals surface area contributed by atoms with Gasteiger partial charge in [-0.2, -0.15) is 0 Å². The molecule has 1 aromatic carbocycles. The van der Waals surface area contributed by atoms with Crippen molar-refractivity contribution < 1.29 is 28.6 Å². The molecule has 144 valence electrons. The highest BCUT2D eigenvalue weighted by molar-refractivity contribution is 5.97. The number of benzene rings is 1. The van der Waals surface area contributed by atoms with E-state index in [2.05, 4.69) is 10.3 Å². The Balaban J connectivity index is 1.90. The molecule has 0 aliphatic carbocycles. The maximum Gasteiger partial charge on any atom is 0.325 e. The van der Waals surface area contributed by atoms with Gasteiger partial charge in [0.1, 0.15) is 18.5 Å². The number of aromatic hydroxyl groups is 1. The Morgan fingerprint density at radius 1 is 1.22 bits per heavy atom. The van der Waals surface area contributed by atoms with Crippen LogP contribution in [0.2, 0.25) is 0 Å².